The van der Waals surface area contributed by atoms with Crippen molar-refractivity contribution in [2.75, 3.05) is 0 Å². The highest BCUT2D eigenvalue weighted by molar-refractivity contribution is 6.03. The normalized spacial score (nSPS) is 11.0. The molecule has 5 aromatic rings. The van der Waals surface area contributed by atoms with Gasteiger partial charge in [-0.15, -0.1) is 0 Å². The predicted octanol–water partition coefficient (Wildman–Crippen LogP) is 6.53. The van der Waals surface area contributed by atoms with Gasteiger partial charge < -0.3 is 9.52 Å². The maximum atomic E-state index is 10.7. The second kappa shape index (κ2) is 6.71. The molecule has 134 valence electrons. The topological polar surface area (TPSA) is 46.3 Å². The first-order chi connectivity index (χ1) is 13.8. The van der Waals surface area contributed by atoms with Crippen LogP contribution in [0.2, 0.25) is 0 Å². The van der Waals surface area contributed by atoms with Gasteiger partial charge in [-0.3, -0.25) is 0 Å². The van der Waals surface area contributed by atoms with Crippen molar-refractivity contribution in [3.05, 3.63) is 97.1 Å². The Morgan fingerprint density at radius 1 is 0.643 bits per heavy atom. The Bertz CT molecular complexity index is 1240. The molecule has 0 aliphatic rings. The van der Waals surface area contributed by atoms with E-state index in [9.17, 15) is 5.11 Å². The van der Waals surface area contributed by atoms with Crippen molar-refractivity contribution < 1.29 is 9.52 Å². The number of hydrogen-bond acceptors (Lipinski definition) is 3. The van der Waals surface area contributed by atoms with E-state index in [1.165, 1.54) is 0 Å². The summed E-state index contributed by atoms with van der Waals surface area (Å²) in [5, 5.41) is 10.7. The highest BCUT2D eigenvalue weighted by Crippen LogP contribution is 2.43. The Labute approximate surface area is 162 Å². The van der Waals surface area contributed by atoms with E-state index in [0.717, 1.165) is 27.8 Å². The summed E-state index contributed by atoms with van der Waals surface area (Å²) in [6, 6.07) is 31.6. The van der Waals surface area contributed by atoms with Crippen LogP contribution in [-0.4, -0.2) is 10.1 Å². The van der Waals surface area contributed by atoms with Gasteiger partial charge in [0.25, 0.3) is 0 Å². The van der Waals surface area contributed by atoms with Crippen LogP contribution >= 0.6 is 0 Å². The molecule has 0 saturated heterocycles. The third kappa shape index (κ3) is 2.74. The standard InChI is InChI=1S/C25H17NO2/c27-21-16-20(17-10-4-1-5-11-17)22(18-12-6-2-7-13-18)23-24(21)28-25(26-23)19-14-8-3-9-15-19/h1-16,27H. The van der Waals surface area contributed by atoms with Gasteiger partial charge in [0, 0.05) is 11.1 Å². The zero-order chi connectivity index (χ0) is 18.9. The molecule has 4 aromatic carbocycles. The molecule has 3 heteroatoms. The molecule has 0 fully saturated rings. The Hall–Kier alpha value is -3.85. The van der Waals surface area contributed by atoms with E-state index in [4.69, 9.17) is 9.40 Å². The highest BCUT2D eigenvalue weighted by Gasteiger charge is 2.20. The van der Waals surface area contributed by atoms with Gasteiger partial charge in [0.1, 0.15) is 5.52 Å². The molecule has 3 nitrogen and oxygen atoms in total. The first-order valence-electron chi connectivity index (χ1n) is 9.14. The highest BCUT2D eigenvalue weighted by atomic mass is 16.4. The van der Waals surface area contributed by atoms with Gasteiger partial charge in [-0.05, 0) is 34.9 Å². The lowest BCUT2D eigenvalue weighted by Crippen LogP contribution is -1.88. The molecule has 0 aliphatic carbocycles. The summed E-state index contributed by atoms with van der Waals surface area (Å²) in [5.41, 5.74) is 5.84. The zero-order valence-electron chi connectivity index (χ0n) is 15.0. The Kier molecular flexibility index (Phi) is 3.91. The molecule has 1 aromatic heterocycles. The fourth-order valence-corrected chi connectivity index (χ4v) is 3.51. The molecule has 1 heterocycles. The summed E-state index contributed by atoms with van der Waals surface area (Å²) >= 11 is 0. The van der Waals surface area contributed by atoms with Crippen LogP contribution in [0.25, 0.3) is 44.8 Å². The molecule has 28 heavy (non-hydrogen) atoms. The molecule has 5 rings (SSSR count). The number of aromatic nitrogens is 1. The summed E-state index contributed by atoms with van der Waals surface area (Å²) in [6.45, 7) is 0. The van der Waals surface area contributed by atoms with Crippen molar-refractivity contribution in [3.8, 4) is 39.5 Å². The van der Waals surface area contributed by atoms with Crippen LogP contribution in [0, 0.1) is 0 Å². The summed E-state index contributed by atoms with van der Waals surface area (Å²) in [5.74, 6) is 0.580. The van der Waals surface area contributed by atoms with Crippen LogP contribution in [0.5, 0.6) is 5.75 Å². The van der Waals surface area contributed by atoms with E-state index in [2.05, 4.69) is 12.1 Å². The third-order valence-corrected chi connectivity index (χ3v) is 4.81. The van der Waals surface area contributed by atoms with Crippen molar-refractivity contribution in [2.24, 2.45) is 0 Å². The first-order valence-corrected chi connectivity index (χ1v) is 9.14. The number of rotatable bonds is 3. The zero-order valence-corrected chi connectivity index (χ0v) is 15.0. The summed E-state index contributed by atoms with van der Waals surface area (Å²) in [6.07, 6.45) is 0. The maximum absolute atomic E-state index is 10.7. The Morgan fingerprint density at radius 3 is 1.79 bits per heavy atom. The Morgan fingerprint density at radius 2 is 1.18 bits per heavy atom. The van der Waals surface area contributed by atoms with E-state index in [1.807, 2.05) is 78.9 Å². The molecule has 0 unspecified atom stereocenters. The molecule has 0 saturated carbocycles. The van der Waals surface area contributed by atoms with Gasteiger partial charge in [0.05, 0.1) is 0 Å². The van der Waals surface area contributed by atoms with Crippen molar-refractivity contribution >= 4 is 11.1 Å². The number of phenolic OH excluding ortho intramolecular Hbond substituents is 1. The van der Waals surface area contributed by atoms with E-state index < -0.39 is 0 Å². The van der Waals surface area contributed by atoms with Gasteiger partial charge in [-0.2, -0.15) is 0 Å². The predicted molar refractivity (Wildman–Crippen MR) is 112 cm³/mol. The number of phenols is 1. The fourth-order valence-electron chi connectivity index (χ4n) is 3.51. The number of hydrogen-bond donors (Lipinski definition) is 1. The van der Waals surface area contributed by atoms with Gasteiger partial charge >= 0.3 is 0 Å². The van der Waals surface area contributed by atoms with Gasteiger partial charge in [-0.25, -0.2) is 4.98 Å². The first kappa shape index (κ1) is 16.3. The summed E-state index contributed by atoms with van der Waals surface area (Å²) in [4.78, 5) is 4.78. The lowest BCUT2D eigenvalue weighted by atomic mass is 9.93. The van der Waals surface area contributed by atoms with Crippen molar-refractivity contribution in [1.29, 1.82) is 0 Å². The van der Waals surface area contributed by atoms with Gasteiger partial charge in [0.2, 0.25) is 5.89 Å². The quantitative estimate of drug-likeness (QED) is 0.396. The van der Waals surface area contributed by atoms with Crippen molar-refractivity contribution in [3.63, 3.8) is 0 Å². The number of fused-ring (bicyclic) bond motifs is 1. The average Bonchev–Trinajstić information content (AvgIpc) is 3.21. The molecule has 0 aliphatic heterocycles. The third-order valence-electron chi connectivity index (χ3n) is 4.81. The minimum absolute atomic E-state index is 0.0863. The van der Waals surface area contributed by atoms with Crippen LogP contribution in [0.1, 0.15) is 0 Å². The summed E-state index contributed by atoms with van der Waals surface area (Å²) < 4.78 is 5.98. The fraction of sp³-hybridized carbons (Fsp3) is 0. The van der Waals surface area contributed by atoms with Crippen LogP contribution < -0.4 is 0 Å². The van der Waals surface area contributed by atoms with Crippen LogP contribution in [-0.2, 0) is 0 Å². The van der Waals surface area contributed by atoms with Gasteiger partial charge in [-0.1, -0.05) is 78.9 Å². The number of aromatic hydroxyl groups is 1. The minimum Gasteiger partial charge on any atom is -0.504 e. The van der Waals surface area contributed by atoms with Crippen molar-refractivity contribution in [1.82, 2.24) is 4.98 Å². The second-order valence-electron chi connectivity index (χ2n) is 6.61. The van der Waals surface area contributed by atoms with Crippen molar-refractivity contribution in [2.45, 2.75) is 0 Å². The molecule has 0 spiro atoms. The number of oxazole rings is 1. The van der Waals surface area contributed by atoms with E-state index in [0.29, 0.717) is 17.0 Å². The largest absolute Gasteiger partial charge is 0.504 e. The molecular formula is C25H17NO2. The monoisotopic (exact) mass is 363 g/mol. The second-order valence-corrected chi connectivity index (χ2v) is 6.61. The maximum Gasteiger partial charge on any atom is 0.227 e. The minimum atomic E-state index is 0.0863. The molecule has 0 bridgehead atoms. The van der Waals surface area contributed by atoms with E-state index in [1.54, 1.807) is 6.07 Å². The molecule has 1 N–H and O–H groups in total. The molecular weight excluding hydrogens is 346 g/mol. The average molecular weight is 363 g/mol. The Balaban J connectivity index is 1.85. The van der Waals surface area contributed by atoms with E-state index >= 15 is 0 Å². The SMILES string of the molecule is Oc1cc(-c2ccccc2)c(-c2ccccc2)c2nc(-c3ccccc3)oc12. The van der Waals surface area contributed by atoms with Gasteiger partial charge in [0.15, 0.2) is 11.3 Å². The lowest BCUT2D eigenvalue weighted by Gasteiger charge is -2.11. The molecule has 0 radical (unpaired) electrons. The van der Waals surface area contributed by atoms with E-state index in [-0.39, 0.29) is 5.75 Å². The summed E-state index contributed by atoms with van der Waals surface area (Å²) in [7, 11) is 0. The lowest BCUT2D eigenvalue weighted by molar-refractivity contribution is 0.466. The van der Waals surface area contributed by atoms with Crippen LogP contribution in [0.3, 0.4) is 0 Å². The smallest absolute Gasteiger partial charge is 0.227 e. The number of nitrogens with zero attached hydrogens (tertiary/aromatic N) is 1. The van der Waals surface area contributed by atoms with Crippen LogP contribution in [0.4, 0.5) is 0 Å². The molecule has 0 amide bonds. The van der Waals surface area contributed by atoms with Crippen LogP contribution in [0.15, 0.2) is 101 Å². The number of benzene rings is 4. The molecule has 0 atom stereocenters.